The van der Waals surface area contributed by atoms with Gasteiger partial charge in [-0.15, -0.1) is 0 Å². The Kier molecular flexibility index (Phi) is 5.39. The largest absolute Gasteiger partial charge is 0.478 e. The zero-order valence-corrected chi connectivity index (χ0v) is 13.0. The van der Waals surface area contributed by atoms with Crippen LogP contribution >= 0.6 is 15.9 Å². The summed E-state index contributed by atoms with van der Waals surface area (Å²) >= 11 is 3.52. The van der Waals surface area contributed by atoms with Crippen LogP contribution in [0.5, 0.6) is 5.88 Å². The van der Waals surface area contributed by atoms with Crippen molar-refractivity contribution in [3.05, 3.63) is 11.8 Å². The SMILES string of the molecule is CCCOc1cc(C)nc(N2CCOCC2CBr)n1. The molecule has 19 heavy (non-hydrogen) atoms. The molecule has 1 aliphatic rings. The molecule has 1 fully saturated rings. The van der Waals surface area contributed by atoms with Crippen molar-refractivity contribution in [2.75, 3.05) is 36.6 Å². The summed E-state index contributed by atoms with van der Waals surface area (Å²) in [5, 5.41) is 0.843. The molecule has 1 aromatic rings. The number of aromatic nitrogens is 2. The van der Waals surface area contributed by atoms with Crippen LogP contribution in [0.4, 0.5) is 5.95 Å². The number of morpholine rings is 1. The molecular weight excluding hydrogens is 310 g/mol. The Morgan fingerprint density at radius 2 is 2.37 bits per heavy atom. The zero-order chi connectivity index (χ0) is 13.7. The molecule has 0 N–H and O–H groups in total. The lowest BCUT2D eigenvalue weighted by Gasteiger charge is -2.34. The molecule has 2 rings (SSSR count). The summed E-state index contributed by atoms with van der Waals surface area (Å²) in [5.41, 5.74) is 0.927. The first-order chi connectivity index (χ1) is 9.24. The van der Waals surface area contributed by atoms with Crippen LogP contribution in [0.25, 0.3) is 0 Å². The molecule has 0 bridgehead atoms. The van der Waals surface area contributed by atoms with E-state index in [4.69, 9.17) is 9.47 Å². The predicted octanol–water partition coefficient (Wildman–Crippen LogP) is 2.17. The van der Waals surface area contributed by atoms with Gasteiger partial charge in [0.05, 0.1) is 25.9 Å². The van der Waals surface area contributed by atoms with E-state index in [9.17, 15) is 0 Å². The summed E-state index contributed by atoms with van der Waals surface area (Å²) in [6.45, 7) is 6.96. The Bertz CT molecular complexity index is 417. The summed E-state index contributed by atoms with van der Waals surface area (Å²) in [6, 6.07) is 2.15. The maximum Gasteiger partial charge on any atom is 0.229 e. The van der Waals surface area contributed by atoms with Gasteiger partial charge in [0.1, 0.15) is 0 Å². The molecule has 5 nitrogen and oxygen atoms in total. The van der Waals surface area contributed by atoms with Crippen molar-refractivity contribution in [3.8, 4) is 5.88 Å². The highest BCUT2D eigenvalue weighted by Crippen LogP contribution is 2.20. The van der Waals surface area contributed by atoms with Gasteiger partial charge in [-0.05, 0) is 13.3 Å². The van der Waals surface area contributed by atoms with Crippen LogP contribution in [0.2, 0.25) is 0 Å². The summed E-state index contributed by atoms with van der Waals surface area (Å²) in [5.74, 6) is 1.39. The topological polar surface area (TPSA) is 47.5 Å². The lowest BCUT2D eigenvalue weighted by atomic mass is 10.3. The maximum absolute atomic E-state index is 5.62. The molecule has 1 atom stereocenters. The summed E-state index contributed by atoms with van der Waals surface area (Å²) in [7, 11) is 0. The van der Waals surface area contributed by atoms with Gasteiger partial charge in [-0.25, -0.2) is 4.98 Å². The van der Waals surface area contributed by atoms with Gasteiger partial charge in [-0.3, -0.25) is 0 Å². The molecule has 0 radical (unpaired) electrons. The van der Waals surface area contributed by atoms with E-state index in [1.807, 2.05) is 13.0 Å². The Morgan fingerprint density at radius 3 is 3.11 bits per heavy atom. The minimum atomic E-state index is 0.273. The van der Waals surface area contributed by atoms with Gasteiger partial charge in [-0.1, -0.05) is 22.9 Å². The zero-order valence-electron chi connectivity index (χ0n) is 11.4. The Hall–Kier alpha value is -0.880. The second-order valence-electron chi connectivity index (χ2n) is 4.57. The van der Waals surface area contributed by atoms with E-state index in [1.54, 1.807) is 0 Å². The summed E-state index contributed by atoms with van der Waals surface area (Å²) < 4.78 is 11.1. The maximum atomic E-state index is 5.62. The highest BCUT2D eigenvalue weighted by Gasteiger charge is 2.24. The summed E-state index contributed by atoms with van der Waals surface area (Å²) in [4.78, 5) is 11.2. The number of hydrogen-bond donors (Lipinski definition) is 0. The van der Waals surface area contributed by atoms with Gasteiger partial charge in [0.2, 0.25) is 11.8 Å². The molecule has 2 heterocycles. The third-order valence-electron chi connectivity index (χ3n) is 2.94. The molecule has 6 heteroatoms. The monoisotopic (exact) mass is 329 g/mol. The molecule has 106 valence electrons. The number of nitrogens with zero attached hydrogens (tertiary/aromatic N) is 3. The van der Waals surface area contributed by atoms with Gasteiger partial charge in [0.25, 0.3) is 0 Å². The van der Waals surface area contributed by atoms with Gasteiger partial charge in [-0.2, -0.15) is 4.98 Å². The highest BCUT2D eigenvalue weighted by atomic mass is 79.9. The third kappa shape index (κ3) is 3.79. The minimum absolute atomic E-state index is 0.273. The number of ether oxygens (including phenoxy) is 2. The van der Waals surface area contributed by atoms with Gasteiger partial charge in [0.15, 0.2) is 0 Å². The van der Waals surface area contributed by atoms with Crippen molar-refractivity contribution in [2.45, 2.75) is 26.3 Å². The van der Waals surface area contributed by atoms with Crippen molar-refractivity contribution < 1.29 is 9.47 Å². The summed E-state index contributed by atoms with van der Waals surface area (Å²) in [6.07, 6.45) is 0.972. The second kappa shape index (κ2) is 7.05. The van der Waals surface area contributed by atoms with E-state index in [0.717, 1.165) is 29.9 Å². The number of halogens is 1. The van der Waals surface area contributed by atoms with E-state index in [1.165, 1.54) is 0 Å². The molecule has 0 amide bonds. The van der Waals surface area contributed by atoms with Crippen LogP contribution in [-0.4, -0.2) is 47.7 Å². The molecule has 0 spiro atoms. The van der Waals surface area contributed by atoms with Crippen LogP contribution in [0, 0.1) is 6.92 Å². The molecular formula is C13H20BrN3O2. The number of hydrogen-bond acceptors (Lipinski definition) is 5. The average molecular weight is 330 g/mol. The predicted molar refractivity (Wildman–Crippen MR) is 78.3 cm³/mol. The molecule has 0 aliphatic carbocycles. The van der Waals surface area contributed by atoms with Crippen LogP contribution in [-0.2, 0) is 4.74 Å². The van der Waals surface area contributed by atoms with E-state index in [-0.39, 0.29) is 6.04 Å². The van der Waals surface area contributed by atoms with Crippen LogP contribution in [0.3, 0.4) is 0 Å². The Balaban J connectivity index is 2.19. The smallest absolute Gasteiger partial charge is 0.229 e. The number of aryl methyl sites for hydroxylation is 1. The van der Waals surface area contributed by atoms with Crippen molar-refractivity contribution in [3.63, 3.8) is 0 Å². The molecule has 1 aliphatic heterocycles. The Morgan fingerprint density at radius 1 is 1.53 bits per heavy atom. The molecule has 1 aromatic heterocycles. The van der Waals surface area contributed by atoms with Crippen molar-refractivity contribution in [2.24, 2.45) is 0 Å². The highest BCUT2D eigenvalue weighted by molar-refractivity contribution is 9.09. The van der Waals surface area contributed by atoms with Gasteiger partial charge >= 0.3 is 0 Å². The van der Waals surface area contributed by atoms with Crippen molar-refractivity contribution in [1.82, 2.24) is 9.97 Å². The van der Waals surface area contributed by atoms with Gasteiger partial charge in [0, 0.05) is 23.6 Å². The van der Waals surface area contributed by atoms with E-state index >= 15 is 0 Å². The minimum Gasteiger partial charge on any atom is -0.478 e. The second-order valence-corrected chi connectivity index (χ2v) is 5.22. The first-order valence-corrected chi connectivity index (χ1v) is 7.75. The molecule has 1 unspecified atom stereocenters. The first-order valence-electron chi connectivity index (χ1n) is 6.63. The van der Waals surface area contributed by atoms with Crippen molar-refractivity contribution in [1.29, 1.82) is 0 Å². The van der Waals surface area contributed by atoms with E-state index in [2.05, 4.69) is 37.7 Å². The fourth-order valence-corrected chi connectivity index (χ4v) is 2.52. The fourth-order valence-electron chi connectivity index (χ4n) is 1.98. The van der Waals surface area contributed by atoms with E-state index in [0.29, 0.717) is 25.7 Å². The number of rotatable bonds is 5. The number of anilines is 1. The molecule has 1 saturated heterocycles. The van der Waals surface area contributed by atoms with Crippen LogP contribution < -0.4 is 9.64 Å². The fraction of sp³-hybridized carbons (Fsp3) is 0.692. The van der Waals surface area contributed by atoms with Crippen LogP contribution in [0.15, 0.2) is 6.07 Å². The quantitative estimate of drug-likeness (QED) is 0.775. The first kappa shape index (κ1) is 14.5. The Labute approximate surface area is 122 Å². The molecule has 0 aromatic carbocycles. The third-order valence-corrected chi connectivity index (χ3v) is 3.68. The van der Waals surface area contributed by atoms with Crippen LogP contribution in [0.1, 0.15) is 19.0 Å². The normalized spacial score (nSPS) is 19.5. The molecule has 0 saturated carbocycles. The standard InChI is InChI=1S/C13H20BrN3O2/c1-3-5-19-12-7-10(2)15-13(16-12)17-4-6-18-9-11(17)8-14/h7,11H,3-6,8-9H2,1-2H3. The van der Waals surface area contributed by atoms with E-state index < -0.39 is 0 Å². The lowest BCUT2D eigenvalue weighted by molar-refractivity contribution is 0.0994. The average Bonchev–Trinajstić information content (AvgIpc) is 2.44. The van der Waals surface area contributed by atoms with Gasteiger partial charge < -0.3 is 14.4 Å². The number of alkyl halides is 1. The lowest BCUT2D eigenvalue weighted by Crippen LogP contribution is -2.47. The van der Waals surface area contributed by atoms with Crippen molar-refractivity contribution >= 4 is 21.9 Å².